The first kappa shape index (κ1) is 12.4. The highest BCUT2D eigenvalue weighted by atomic mass is 79.9. The number of pyridine rings is 1. The molecule has 0 fully saturated rings. The Morgan fingerprint density at radius 1 is 1.53 bits per heavy atom. The van der Waals surface area contributed by atoms with Crippen LogP contribution in [-0.4, -0.2) is 25.7 Å². The van der Waals surface area contributed by atoms with E-state index in [2.05, 4.69) is 26.2 Å². The number of hydrogen-bond acceptors (Lipinski definition) is 4. The third-order valence-corrected chi connectivity index (χ3v) is 3.15. The molecule has 1 rings (SSSR count). The van der Waals surface area contributed by atoms with E-state index in [-0.39, 0.29) is 5.75 Å². The molecule has 0 unspecified atom stereocenters. The number of nitrogens with zero attached hydrogens (tertiary/aromatic N) is 1. The normalized spacial score (nSPS) is 11.3. The summed E-state index contributed by atoms with van der Waals surface area (Å²) in [5.41, 5.74) is 0. The number of nitrogens with one attached hydrogen (secondary N) is 1. The van der Waals surface area contributed by atoms with Crippen molar-refractivity contribution >= 4 is 31.8 Å². The second kappa shape index (κ2) is 5.43. The molecule has 1 heterocycles. The van der Waals surface area contributed by atoms with E-state index in [1.807, 2.05) is 6.07 Å². The third kappa shape index (κ3) is 5.10. The first-order valence-electron chi connectivity index (χ1n) is 4.34. The van der Waals surface area contributed by atoms with Gasteiger partial charge < -0.3 is 5.32 Å². The number of rotatable bonds is 5. The van der Waals surface area contributed by atoms with Crippen LogP contribution < -0.4 is 10.5 Å². The van der Waals surface area contributed by atoms with Crippen LogP contribution >= 0.6 is 15.9 Å². The van der Waals surface area contributed by atoms with E-state index in [1.54, 1.807) is 12.3 Å². The Morgan fingerprint density at radius 3 is 2.87 bits per heavy atom. The number of hydrogen-bond donors (Lipinski definition) is 2. The number of aromatic nitrogens is 1. The smallest absolute Gasteiger partial charge is 0.209 e. The van der Waals surface area contributed by atoms with Crippen LogP contribution in [0, 0.1) is 0 Å². The Labute approximate surface area is 97.3 Å². The number of primary sulfonamides is 1. The zero-order valence-corrected chi connectivity index (χ0v) is 10.4. The fourth-order valence-electron chi connectivity index (χ4n) is 0.996. The number of halogens is 1. The molecule has 1 aromatic rings. The van der Waals surface area contributed by atoms with Gasteiger partial charge in [-0.15, -0.1) is 0 Å². The van der Waals surface area contributed by atoms with E-state index in [0.29, 0.717) is 18.8 Å². The molecule has 1 aromatic heterocycles. The Hall–Kier alpha value is -0.660. The minimum absolute atomic E-state index is 0.0234. The van der Waals surface area contributed by atoms with Gasteiger partial charge in [-0.3, -0.25) is 0 Å². The maximum absolute atomic E-state index is 10.6. The summed E-state index contributed by atoms with van der Waals surface area (Å²) in [6.45, 7) is 0.520. The Morgan fingerprint density at radius 2 is 2.27 bits per heavy atom. The van der Waals surface area contributed by atoms with E-state index in [0.717, 1.165) is 4.47 Å². The second-order valence-electron chi connectivity index (χ2n) is 2.98. The lowest BCUT2D eigenvalue weighted by atomic mass is 10.4. The Balaban J connectivity index is 2.36. The first-order chi connectivity index (χ1) is 6.99. The van der Waals surface area contributed by atoms with Gasteiger partial charge in [-0.05, 0) is 34.5 Å². The van der Waals surface area contributed by atoms with Crippen LogP contribution in [0.3, 0.4) is 0 Å². The van der Waals surface area contributed by atoms with Crippen molar-refractivity contribution < 1.29 is 8.42 Å². The van der Waals surface area contributed by atoms with Gasteiger partial charge in [0.25, 0.3) is 0 Å². The van der Waals surface area contributed by atoms with Crippen LogP contribution in [-0.2, 0) is 10.0 Å². The lowest BCUT2D eigenvalue weighted by Crippen LogP contribution is -2.18. The van der Waals surface area contributed by atoms with E-state index >= 15 is 0 Å². The highest BCUT2D eigenvalue weighted by molar-refractivity contribution is 9.10. The number of sulfonamides is 1. The van der Waals surface area contributed by atoms with Gasteiger partial charge in [-0.1, -0.05) is 0 Å². The molecular weight excluding hydrogens is 282 g/mol. The predicted molar refractivity (Wildman–Crippen MR) is 63.0 cm³/mol. The average molecular weight is 294 g/mol. The lowest BCUT2D eigenvalue weighted by Gasteiger charge is -2.05. The van der Waals surface area contributed by atoms with Gasteiger partial charge in [0.1, 0.15) is 5.82 Å². The minimum atomic E-state index is -3.36. The van der Waals surface area contributed by atoms with E-state index in [1.165, 1.54) is 0 Å². The molecule has 84 valence electrons. The lowest BCUT2D eigenvalue weighted by molar-refractivity contribution is 0.595. The molecule has 3 N–H and O–H groups in total. The highest BCUT2D eigenvalue weighted by Crippen LogP contribution is 2.17. The van der Waals surface area contributed by atoms with Crippen molar-refractivity contribution in [2.45, 2.75) is 6.42 Å². The number of nitrogens with two attached hydrogens (primary N) is 1. The Bertz CT molecular complexity index is 422. The summed E-state index contributed by atoms with van der Waals surface area (Å²) in [6, 6.07) is 3.66. The molecular formula is C8H12BrN3O2S. The molecule has 0 aliphatic heterocycles. The zero-order chi connectivity index (χ0) is 11.3. The summed E-state index contributed by atoms with van der Waals surface area (Å²) in [5, 5.41) is 7.87. The molecule has 0 spiro atoms. The standard InChI is InChI=1S/C8H12BrN3O2S/c9-7-3-1-4-11-8(7)12-5-2-6-15(10,13)14/h1,3-4H,2,5-6H2,(H,11,12)(H2,10,13,14). The average Bonchev–Trinajstić information content (AvgIpc) is 2.13. The van der Waals surface area contributed by atoms with Crippen molar-refractivity contribution in [3.63, 3.8) is 0 Å². The molecule has 0 bridgehead atoms. The summed E-state index contributed by atoms with van der Waals surface area (Å²) in [6.07, 6.45) is 2.12. The van der Waals surface area contributed by atoms with Crippen LogP contribution in [0.4, 0.5) is 5.82 Å². The van der Waals surface area contributed by atoms with Crippen LogP contribution in [0.1, 0.15) is 6.42 Å². The van der Waals surface area contributed by atoms with Crippen LogP contribution in [0.2, 0.25) is 0 Å². The quantitative estimate of drug-likeness (QED) is 0.791. The van der Waals surface area contributed by atoms with E-state index in [4.69, 9.17) is 5.14 Å². The molecule has 0 saturated heterocycles. The van der Waals surface area contributed by atoms with Crippen molar-refractivity contribution in [3.05, 3.63) is 22.8 Å². The maximum Gasteiger partial charge on any atom is 0.209 e. The van der Waals surface area contributed by atoms with Gasteiger partial charge in [0.2, 0.25) is 10.0 Å². The zero-order valence-electron chi connectivity index (χ0n) is 7.98. The van der Waals surface area contributed by atoms with Crippen LogP contribution in [0.5, 0.6) is 0 Å². The molecule has 0 aliphatic carbocycles. The summed E-state index contributed by atoms with van der Waals surface area (Å²) in [4.78, 5) is 4.07. The summed E-state index contributed by atoms with van der Waals surface area (Å²) < 4.78 is 22.1. The SMILES string of the molecule is NS(=O)(=O)CCCNc1ncccc1Br. The van der Waals surface area contributed by atoms with Gasteiger partial charge in [0.15, 0.2) is 0 Å². The van der Waals surface area contributed by atoms with E-state index in [9.17, 15) is 8.42 Å². The fraction of sp³-hybridized carbons (Fsp3) is 0.375. The molecule has 0 atom stereocenters. The summed E-state index contributed by atoms with van der Waals surface area (Å²) in [7, 11) is -3.36. The molecule has 7 heteroatoms. The van der Waals surface area contributed by atoms with E-state index < -0.39 is 10.0 Å². The monoisotopic (exact) mass is 293 g/mol. The second-order valence-corrected chi connectivity index (χ2v) is 5.57. The van der Waals surface area contributed by atoms with Gasteiger partial charge in [-0.2, -0.15) is 0 Å². The van der Waals surface area contributed by atoms with Crippen molar-refractivity contribution in [1.82, 2.24) is 4.98 Å². The van der Waals surface area contributed by atoms with Crippen molar-refractivity contribution in [3.8, 4) is 0 Å². The molecule has 0 aromatic carbocycles. The minimum Gasteiger partial charge on any atom is -0.369 e. The van der Waals surface area contributed by atoms with Gasteiger partial charge in [0.05, 0.1) is 10.2 Å². The summed E-state index contributed by atoms with van der Waals surface area (Å²) in [5.74, 6) is 0.677. The van der Waals surface area contributed by atoms with Crippen molar-refractivity contribution in [2.75, 3.05) is 17.6 Å². The van der Waals surface area contributed by atoms with Gasteiger partial charge >= 0.3 is 0 Å². The van der Waals surface area contributed by atoms with Crippen molar-refractivity contribution in [2.24, 2.45) is 5.14 Å². The predicted octanol–water partition coefficient (Wildman–Crippen LogP) is 0.935. The molecule has 0 radical (unpaired) electrons. The van der Waals surface area contributed by atoms with Crippen LogP contribution in [0.15, 0.2) is 22.8 Å². The molecule has 0 saturated carbocycles. The largest absolute Gasteiger partial charge is 0.369 e. The van der Waals surface area contributed by atoms with Gasteiger partial charge in [0, 0.05) is 12.7 Å². The number of anilines is 1. The first-order valence-corrected chi connectivity index (χ1v) is 6.85. The third-order valence-electron chi connectivity index (χ3n) is 1.66. The van der Waals surface area contributed by atoms with Crippen LogP contribution in [0.25, 0.3) is 0 Å². The molecule has 0 amide bonds. The molecule has 15 heavy (non-hydrogen) atoms. The van der Waals surface area contributed by atoms with Gasteiger partial charge in [-0.25, -0.2) is 18.5 Å². The topological polar surface area (TPSA) is 85.1 Å². The van der Waals surface area contributed by atoms with Crippen molar-refractivity contribution in [1.29, 1.82) is 0 Å². The summed E-state index contributed by atoms with van der Waals surface area (Å²) >= 11 is 3.32. The molecule has 5 nitrogen and oxygen atoms in total. The molecule has 0 aliphatic rings. The maximum atomic E-state index is 10.6. The highest BCUT2D eigenvalue weighted by Gasteiger charge is 2.02. The fourth-order valence-corrected chi connectivity index (χ4v) is 1.94. The Kier molecular flexibility index (Phi) is 4.49.